The van der Waals surface area contributed by atoms with Crippen LogP contribution in [0.1, 0.15) is 15.9 Å². The summed E-state index contributed by atoms with van der Waals surface area (Å²) in [6.45, 7) is 0.202. The van der Waals surface area contributed by atoms with Crippen LogP contribution in [0, 0.1) is 0 Å². The minimum Gasteiger partial charge on any atom is -0.406 e. The fraction of sp³-hybridized carbons (Fsp3) is 0.0714. The molecule has 0 radical (unpaired) electrons. The van der Waals surface area contributed by atoms with Gasteiger partial charge in [0.15, 0.2) is 11.2 Å². The predicted molar refractivity (Wildman–Crippen MR) is 76.7 cm³/mol. The summed E-state index contributed by atoms with van der Waals surface area (Å²) in [4.78, 5) is 27.1. The zero-order valence-electron chi connectivity index (χ0n) is 10.9. The van der Waals surface area contributed by atoms with E-state index < -0.39 is 11.7 Å². The lowest BCUT2D eigenvalue weighted by Gasteiger charge is -2.07. The van der Waals surface area contributed by atoms with E-state index in [4.69, 9.17) is 15.9 Å². The van der Waals surface area contributed by atoms with Crippen molar-refractivity contribution in [1.82, 2.24) is 9.55 Å². The van der Waals surface area contributed by atoms with Crippen molar-refractivity contribution in [3.8, 4) is 0 Å². The molecule has 0 fully saturated rings. The minimum atomic E-state index is -0.555. The number of aromatic nitrogens is 2. The van der Waals surface area contributed by atoms with Gasteiger partial charge in [-0.2, -0.15) is 0 Å². The van der Waals surface area contributed by atoms with Crippen molar-refractivity contribution in [1.29, 1.82) is 0 Å². The van der Waals surface area contributed by atoms with Crippen molar-refractivity contribution in [2.45, 2.75) is 6.54 Å². The van der Waals surface area contributed by atoms with E-state index in [2.05, 4.69) is 4.98 Å². The highest BCUT2D eigenvalue weighted by Crippen LogP contribution is 2.17. The summed E-state index contributed by atoms with van der Waals surface area (Å²) in [6.07, 6.45) is 1.58. The smallest absolute Gasteiger partial charge is 0.406 e. The van der Waals surface area contributed by atoms with E-state index in [1.165, 1.54) is 10.6 Å². The lowest BCUT2D eigenvalue weighted by atomic mass is 10.1. The molecule has 0 aliphatic heterocycles. The maximum Gasteiger partial charge on any atom is 0.421 e. The van der Waals surface area contributed by atoms with Crippen LogP contribution in [0.2, 0.25) is 0 Å². The molecule has 0 unspecified atom stereocenters. The quantitative estimate of drug-likeness (QED) is 0.687. The number of carbonyl (C=O) groups excluding carboxylic acids is 1. The molecule has 0 aliphatic rings. The highest BCUT2D eigenvalue weighted by molar-refractivity contribution is 5.93. The largest absolute Gasteiger partial charge is 0.421 e. The van der Waals surface area contributed by atoms with Crippen LogP contribution in [0.15, 0.2) is 45.7 Å². The Balaban J connectivity index is 2.05. The summed E-state index contributed by atoms with van der Waals surface area (Å²) in [5.41, 5.74) is 13.3. The number of amides is 1. The Morgan fingerprint density at radius 2 is 2.14 bits per heavy atom. The molecule has 0 saturated carbocycles. The first-order valence-electron chi connectivity index (χ1n) is 6.19. The van der Waals surface area contributed by atoms with Crippen LogP contribution in [0.3, 0.4) is 0 Å². The molecule has 3 rings (SSSR count). The molecule has 106 valence electrons. The van der Waals surface area contributed by atoms with E-state index in [0.717, 1.165) is 0 Å². The maximum atomic E-state index is 11.9. The number of benzene rings is 1. The first-order chi connectivity index (χ1) is 10.1. The standard InChI is InChI=1S/C14H12N4O3/c15-10-6-8(12(16)19)3-4-9(10)7-18-13-11(21-14(18)20)2-1-5-17-13/h1-6H,7,15H2,(H2,16,19). The maximum absolute atomic E-state index is 11.9. The zero-order valence-corrected chi connectivity index (χ0v) is 10.9. The number of carbonyl (C=O) groups is 1. The molecule has 4 N–H and O–H groups in total. The summed E-state index contributed by atoms with van der Waals surface area (Å²) in [7, 11) is 0. The molecule has 21 heavy (non-hydrogen) atoms. The Hall–Kier alpha value is -3.09. The van der Waals surface area contributed by atoms with Crippen molar-refractivity contribution >= 4 is 22.8 Å². The number of primary amides is 1. The molecular formula is C14H12N4O3. The predicted octanol–water partition coefficient (Wildman–Crippen LogP) is 0.719. The van der Waals surface area contributed by atoms with Crippen molar-refractivity contribution in [3.05, 3.63) is 58.2 Å². The summed E-state index contributed by atoms with van der Waals surface area (Å²) in [5.74, 6) is -1.07. The van der Waals surface area contributed by atoms with Gasteiger partial charge in [0.1, 0.15) is 0 Å². The van der Waals surface area contributed by atoms with Crippen LogP contribution in [0.25, 0.3) is 11.2 Å². The second kappa shape index (κ2) is 4.78. The van der Waals surface area contributed by atoms with Crippen molar-refractivity contribution in [2.24, 2.45) is 5.73 Å². The second-order valence-corrected chi connectivity index (χ2v) is 4.56. The number of nitrogen functional groups attached to an aromatic ring is 1. The molecule has 0 spiro atoms. The molecule has 0 aliphatic carbocycles. The fourth-order valence-corrected chi connectivity index (χ4v) is 2.10. The Morgan fingerprint density at radius 3 is 2.86 bits per heavy atom. The van der Waals surface area contributed by atoms with Crippen LogP contribution >= 0.6 is 0 Å². The van der Waals surface area contributed by atoms with Gasteiger partial charge in [0.25, 0.3) is 0 Å². The van der Waals surface area contributed by atoms with Gasteiger partial charge in [-0.25, -0.2) is 9.78 Å². The Labute approximate surface area is 118 Å². The topological polar surface area (TPSA) is 117 Å². The summed E-state index contributed by atoms with van der Waals surface area (Å²) in [6, 6.07) is 8.06. The monoisotopic (exact) mass is 284 g/mol. The average Bonchev–Trinajstić information content (AvgIpc) is 2.77. The van der Waals surface area contributed by atoms with E-state index in [1.807, 2.05) is 0 Å². The van der Waals surface area contributed by atoms with E-state index >= 15 is 0 Å². The number of nitrogens with two attached hydrogens (primary N) is 2. The number of fused-ring (bicyclic) bond motifs is 1. The van der Waals surface area contributed by atoms with Crippen molar-refractivity contribution < 1.29 is 9.21 Å². The Morgan fingerprint density at radius 1 is 1.33 bits per heavy atom. The SMILES string of the molecule is NC(=O)c1ccc(Cn2c(=O)oc3cccnc32)c(N)c1. The number of oxazole rings is 1. The highest BCUT2D eigenvalue weighted by atomic mass is 16.4. The summed E-state index contributed by atoms with van der Waals surface area (Å²) < 4.78 is 6.48. The normalized spacial score (nSPS) is 10.9. The first-order valence-corrected chi connectivity index (χ1v) is 6.19. The molecule has 0 saturated heterocycles. The van der Waals surface area contributed by atoms with E-state index in [-0.39, 0.29) is 6.54 Å². The molecule has 3 aromatic rings. The van der Waals surface area contributed by atoms with Crippen molar-refractivity contribution in [3.63, 3.8) is 0 Å². The number of anilines is 1. The number of pyridine rings is 1. The zero-order chi connectivity index (χ0) is 15.0. The van der Waals surface area contributed by atoms with Crippen LogP contribution < -0.4 is 17.2 Å². The van der Waals surface area contributed by atoms with Gasteiger partial charge in [-0.05, 0) is 29.8 Å². The van der Waals surface area contributed by atoms with E-state index in [9.17, 15) is 9.59 Å². The third kappa shape index (κ3) is 2.25. The van der Waals surface area contributed by atoms with Crippen LogP contribution in [0.5, 0.6) is 0 Å². The average molecular weight is 284 g/mol. The molecule has 0 atom stereocenters. The number of rotatable bonds is 3. The van der Waals surface area contributed by atoms with Crippen molar-refractivity contribution in [2.75, 3.05) is 5.73 Å². The van der Waals surface area contributed by atoms with Gasteiger partial charge in [-0.3, -0.25) is 9.36 Å². The van der Waals surface area contributed by atoms with Gasteiger partial charge in [0, 0.05) is 17.4 Å². The van der Waals surface area contributed by atoms with Gasteiger partial charge in [-0.1, -0.05) is 6.07 Å². The molecule has 7 nitrogen and oxygen atoms in total. The number of hydrogen-bond donors (Lipinski definition) is 2. The summed E-state index contributed by atoms with van der Waals surface area (Å²) >= 11 is 0. The second-order valence-electron chi connectivity index (χ2n) is 4.56. The lowest BCUT2D eigenvalue weighted by molar-refractivity contribution is 0.100. The van der Waals surface area contributed by atoms with Gasteiger partial charge in [0.05, 0.1) is 6.54 Å². The minimum absolute atomic E-state index is 0.202. The lowest BCUT2D eigenvalue weighted by Crippen LogP contribution is -2.17. The molecule has 2 aromatic heterocycles. The first kappa shape index (κ1) is 12.9. The third-order valence-corrected chi connectivity index (χ3v) is 3.18. The highest BCUT2D eigenvalue weighted by Gasteiger charge is 2.12. The molecule has 2 heterocycles. The molecule has 1 amide bonds. The summed E-state index contributed by atoms with van der Waals surface area (Å²) in [5, 5.41) is 0. The number of hydrogen-bond acceptors (Lipinski definition) is 5. The Kier molecular flexibility index (Phi) is 2.94. The van der Waals surface area contributed by atoms with E-state index in [1.54, 1.807) is 30.5 Å². The van der Waals surface area contributed by atoms with Gasteiger partial charge >= 0.3 is 5.76 Å². The van der Waals surface area contributed by atoms with Crippen LogP contribution in [-0.4, -0.2) is 15.5 Å². The van der Waals surface area contributed by atoms with Gasteiger partial charge in [-0.15, -0.1) is 0 Å². The number of nitrogens with zero attached hydrogens (tertiary/aromatic N) is 2. The van der Waals surface area contributed by atoms with E-state index in [0.29, 0.717) is 28.0 Å². The Bertz CT molecular complexity index is 895. The van der Waals surface area contributed by atoms with Gasteiger partial charge < -0.3 is 15.9 Å². The van der Waals surface area contributed by atoms with Crippen LogP contribution in [0.4, 0.5) is 5.69 Å². The molecule has 1 aromatic carbocycles. The molecular weight excluding hydrogens is 272 g/mol. The fourth-order valence-electron chi connectivity index (χ4n) is 2.10. The molecule has 0 bridgehead atoms. The third-order valence-electron chi connectivity index (χ3n) is 3.18. The molecule has 7 heteroatoms. The van der Waals surface area contributed by atoms with Gasteiger partial charge in [0.2, 0.25) is 5.91 Å². The van der Waals surface area contributed by atoms with Crippen LogP contribution in [-0.2, 0) is 6.54 Å².